The van der Waals surface area contributed by atoms with Crippen molar-refractivity contribution in [3.8, 4) is 5.75 Å². The molecule has 0 bridgehead atoms. The molecule has 0 unspecified atom stereocenters. The number of hydrogen-bond donors (Lipinski definition) is 1. The molecule has 8 nitrogen and oxygen atoms in total. The van der Waals surface area contributed by atoms with Crippen molar-refractivity contribution in [3.63, 3.8) is 0 Å². The van der Waals surface area contributed by atoms with Gasteiger partial charge >= 0.3 is 0 Å². The molecular weight excluding hydrogens is 358 g/mol. The zero-order valence-corrected chi connectivity index (χ0v) is 15.6. The van der Waals surface area contributed by atoms with Crippen LogP contribution < -0.4 is 15.0 Å². The molecule has 28 heavy (non-hydrogen) atoms. The first-order valence-electron chi connectivity index (χ1n) is 9.52. The third kappa shape index (κ3) is 4.57. The van der Waals surface area contributed by atoms with E-state index in [0.29, 0.717) is 43.6 Å². The number of anilines is 2. The van der Waals surface area contributed by atoms with E-state index in [2.05, 4.69) is 20.2 Å². The maximum atomic E-state index is 12.5. The summed E-state index contributed by atoms with van der Waals surface area (Å²) in [7, 11) is 0. The molecule has 8 heteroatoms. The first-order valence-corrected chi connectivity index (χ1v) is 9.52. The Labute approximate surface area is 163 Å². The highest BCUT2D eigenvalue weighted by molar-refractivity contribution is 5.94. The van der Waals surface area contributed by atoms with Crippen LogP contribution in [-0.2, 0) is 9.59 Å². The van der Waals surface area contributed by atoms with Gasteiger partial charge in [0.05, 0.1) is 0 Å². The average Bonchev–Trinajstić information content (AvgIpc) is 3.59. The number of benzene rings is 1. The Balaban J connectivity index is 1.25. The Morgan fingerprint density at radius 3 is 2.54 bits per heavy atom. The summed E-state index contributed by atoms with van der Waals surface area (Å²) in [6.07, 6.45) is 5.35. The molecule has 2 amide bonds. The van der Waals surface area contributed by atoms with Gasteiger partial charge in [0.2, 0.25) is 11.9 Å². The lowest BCUT2D eigenvalue weighted by molar-refractivity contribution is -0.133. The van der Waals surface area contributed by atoms with Crippen molar-refractivity contribution >= 4 is 23.5 Å². The summed E-state index contributed by atoms with van der Waals surface area (Å²) in [6.45, 7) is 2.58. The average molecular weight is 381 g/mol. The number of carbonyl (C=O) groups excluding carboxylic acids is 2. The van der Waals surface area contributed by atoms with Crippen LogP contribution in [0.3, 0.4) is 0 Å². The predicted molar refractivity (Wildman–Crippen MR) is 104 cm³/mol. The molecule has 146 valence electrons. The minimum atomic E-state index is -0.0546. The number of aromatic nitrogens is 2. The van der Waals surface area contributed by atoms with Gasteiger partial charge in [0, 0.05) is 56.2 Å². The number of hydrogen-bond acceptors (Lipinski definition) is 6. The molecule has 0 spiro atoms. The number of piperazine rings is 1. The molecule has 1 aliphatic carbocycles. The van der Waals surface area contributed by atoms with Gasteiger partial charge in [-0.3, -0.25) is 9.59 Å². The number of amides is 2. The molecule has 0 radical (unpaired) electrons. The molecule has 1 saturated heterocycles. The molecule has 2 heterocycles. The topological polar surface area (TPSA) is 87.7 Å². The van der Waals surface area contributed by atoms with Crippen molar-refractivity contribution in [1.29, 1.82) is 0 Å². The lowest BCUT2D eigenvalue weighted by Gasteiger charge is -2.34. The van der Waals surface area contributed by atoms with E-state index in [1.807, 2.05) is 6.07 Å². The fourth-order valence-electron chi connectivity index (χ4n) is 3.10. The smallest absolute Gasteiger partial charge is 0.260 e. The van der Waals surface area contributed by atoms with Crippen molar-refractivity contribution in [2.75, 3.05) is 43.0 Å². The van der Waals surface area contributed by atoms with Gasteiger partial charge in [-0.05, 0) is 31.0 Å². The van der Waals surface area contributed by atoms with Crippen molar-refractivity contribution in [3.05, 3.63) is 42.7 Å². The summed E-state index contributed by atoms with van der Waals surface area (Å²) in [5.74, 6) is 1.40. The molecule has 1 N–H and O–H groups in total. The van der Waals surface area contributed by atoms with Crippen LogP contribution in [0.15, 0.2) is 42.7 Å². The number of nitrogens with zero attached hydrogens (tertiary/aromatic N) is 4. The highest BCUT2D eigenvalue weighted by atomic mass is 16.5. The second-order valence-corrected chi connectivity index (χ2v) is 7.00. The maximum absolute atomic E-state index is 12.5. The van der Waals surface area contributed by atoms with Gasteiger partial charge in [-0.2, -0.15) is 0 Å². The molecule has 1 aromatic heterocycles. The third-order valence-electron chi connectivity index (χ3n) is 4.88. The lowest BCUT2D eigenvalue weighted by Crippen LogP contribution is -2.50. The normalized spacial score (nSPS) is 16.6. The number of rotatable bonds is 6. The van der Waals surface area contributed by atoms with Crippen LogP contribution >= 0.6 is 0 Å². The summed E-state index contributed by atoms with van der Waals surface area (Å²) in [4.78, 5) is 36.7. The Morgan fingerprint density at radius 2 is 1.82 bits per heavy atom. The van der Waals surface area contributed by atoms with Crippen molar-refractivity contribution in [1.82, 2.24) is 14.9 Å². The maximum Gasteiger partial charge on any atom is 0.260 e. The fourth-order valence-corrected chi connectivity index (χ4v) is 3.10. The molecule has 1 aromatic carbocycles. The Morgan fingerprint density at radius 1 is 1.07 bits per heavy atom. The quantitative estimate of drug-likeness (QED) is 0.817. The second-order valence-electron chi connectivity index (χ2n) is 7.00. The van der Waals surface area contributed by atoms with E-state index < -0.39 is 0 Å². The Hall–Kier alpha value is -3.16. The summed E-state index contributed by atoms with van der Waals surface area (Å²) >= 11 is 0. The zero-order chi connectivity index (χ0) is 19.3. The van der Waals surface area contributed by atoms with E-state index in [1.165, 1.54) is 0 Å². The first kappa shape index (κ1) is 18.2. The van der Waals surface area contributed by atoms with E-state index in [9.17, 15) is 9.59 Å². The van der Waals surface area contributed by atoms with Crippen LogP contribution in [0.5, 0.6) is 5.75 Å². The Bertz CT molecular complexity index is 833. The largest absolute Gasteiger partial charge is 0.484 e. The number of ether oxygens (including phenoxy) is 1. The summed E-state index contributed by atoms with van der Waals surface area (Å²) in [5, 5.41) is 2.88. The molecule has 2 aromatic rings. The van der Waals surface area contributed by atoms with E-state index in [1.54, 1.807) is 41.6 Å². The van der Waals surface area contributed by atoms with Gasteiger partial charge < -0.3 is 19.9 Å². The van der Waals surface area contributed by atoms with Gasteiger partial charge in [-0.25, -0.2) is 9.97 Å². The molecule has 2 aliphatic rings. The van der Waals surface area contributed by atoms with Crippen LogP contribution in [0.25, 0.3) is 0 Å². The standard InChI is InChI=1S/C20H23N5O3/c26-18(24-9-11-25(12-10-24)20-21-7-2-8-22-20)14-28-17-4-1-3-16(13-17)23-19(27)15-5-6-15/h1-4,7-8,13,15H,5-6,9-12,14H2,(H,23,27). The third-order valence-corrected chi connectivity index (χ3v) is 4.88. The van der Waals surface area contributed by atoms with E-state index in [-0.39, 0.29) is 24.3 Å². The molecule has 2 fully saturated rings. The van der Waals surface area contributed by atoms with Gasteiger partial charge in [-0.1, -0.05) is 6.07 Å². The second kappa shape index (κ2) is 8.24. The monoisotopic (exact) mass is 381 g/mol. The minimum absolute atomic E-state index is 0.0259. The first-order chi connectivity index (χ1) is 13.7. The summed E-state index contributed by atoms with van der Waals surface area (Å²) in [5.41, 5.74) is 0.693. The number of carbonyl (C=O) groups is 2. The molecular formula is C20H23N5O3. The fraction of sp³-hybridized carbons (Fsp3) is 0.400. The molecule has 1 saturated carbocycles. The molecule has 1 aliphatic heterocycles. The van der Waals surface area contributed by atoms with Gasteiger partial charge in [0.15, 0.2) is 6.61 Å². The summed E-state index contributed by atoms with van der Waals surface area (Å²) < 4.78 is 5.65. The number of nitrogens with one attached hydrogen (secondary N) is 1. The van der Waals surface area contributed by atoms with E-state index in [0.717, 1.165) is 12.8 Å². The molecule has 0 atom stereocenters. The highest BCUT2D eigenvalue weighted by Crippen LogP contribution is 2.30. The molecule has 4 rings (SSSR count). The van der Waals surface area contributed by atoms with Gasteiger partial charge in [-0.15, -0.1) is 0 Å². The van der Waals surface area contributed by atoms with Crippen LogP contribution in [0.4, 0.5) is 11.6 Å². The van der Waals surface area contributed by atoms with Gasteiger partial charge in [0.25, 0.3) is 5.91 Å². The van der Waals surface area contributed by atoms with Crippen molar-refractivity contribution < 1.29 is 14.3 Å². The lowest BCUT2D eigenvalue weighted by atomic mass is 10.3. The van der Waals surface area contributed by atoms with Crippen molar-refractivity contribution in [2.24, 2.45) is 5.92 Å². The Kier molecular flexibility index (Phi) is 5.36. The van der Waals surface area contributed by atoms with Crippen molar-refractivity contribution in [2.45, 2.75) is 12.8 Å². The van der Waals surface area contributed by atoms with Crippen LogP contribution in [0, 0.1) is 5.92 Å². The van der Waals surface area contributed by atoms with Crippen LogP contribution in [0.1, 0.15) is 12.8 Å². The zero-order valence-electron chi connectivity index (χ0n) is 15.6. The SMILES string of the molecule is O=C(Nc1cccc(OCC(=O)N2CCN(c3ncccn3)CC2)c1)C1CC1. The predicted octanol–water partition coefficient (Wildman–Crippen LogP) is 1.55. The van der Waals surface area contributed by atoms with Gasteiger partial charge in [0.1, 0.15) is 5.75 Å². The van der Waals surface area contributed by atoms with E-state index >= 15 is 0 Å². The minimum Gasteiger partial charge on any atom is -0.484 e. The summed E-state index contributed by atoms with van der Waals surface area (Å²) in [6, 6.07) is 8.94. The van der Waals surface area contributed by atoms with E-state index in [4.69, 9.17) is 4.74 Å². The van der Waals surface area contributed by atoms with Crippen LogP contribution in [-0.4, -0.2) is 59.5 Å². The highest BCUT2D eigenvalue weighted by Gasteiger charge is 2.29. The van der Waals surface area contributed by atoms with Crippen LogP contribution in [0.2, 0.25) is 0 Å².